The number of aromatic nitrogens is 2. The molecular weight excluding hydrogens is 989 g/mol. The Morgan fingerprint density at radius 1 is 0.827 bits per heavy atom. The van der Waals surface area contributed by atoms with Gasteiger partial charge in [-0.3, -0.25) is 28.3 Å². The van der Waals surface area contributed by atoms with Crippen LogP contribution in [0.4, 0.5) is 0 Å². The van der Waals surface area contributed by atoms with Gasteiger partial charge in [0.25, 0.3) is 0 Å². The number of nitrogens with zero attached hydrogens (tertiary/aromatic N) is 3. The normalized spacial score (nSPS) is 15.3. The van der Waals surface area contributed by atoms with Crippen LogP contribution in [0.25, 0.3) is 21.5 Å². The number of thiophene rings is 1. The number of carbonyl (C=O) groups excluding carboxylic acids is 4. The third-order valence-corrected chi connectivity index (χ3v) is 16.7. The van der Waals surface area contributed by atoms with Crippen LogP contribution in [-0.4, -0.2) is 82.3 Å². The first-order chi connectivity index (χ1) is 35.7. The Hall–Kier alpha value is -6.36. The van der Waals surface area contributed by atoms with E-state index in [4.69, 9.17) is 9.47 Å². The van der Waals surface area contributed by atoms with E-state index >= 15 is 0 Å². The average Bonchev–Trinajstić information content (AvgIpc) is 4.06. The maximum atomic E-state index is 14.1. The largest absolute Gasteiger partial charge is 0.493 e. The molecule has 1 saturated heterocycles. The molecule has 0 unspecified atom stereocenters. The fourth-order valence-corrected chi connectivity index (χ4v) is 12.0. The van der Waals surface area contributed by atoms with Crippen molar-refractivity contribution < 1.29 is 42.2 Å². The van der Waals surface area contributed by atoms with Gasteiger partial charge in [0.05, 0.1) is 40.4 Å². The number of β-amino-alcohol motifs (C(OH)–C–C–N with tert-alkyl or cyclic N) is 1. The number of unbranched alkanes of at least 4 members (excludes halogenated alkanes) is 5. The fraction of sp³-hybridized carbons (Fsp3) is 0.441. The molecule has 3 heterocycles. The van der Waals surface area contributed by atoms with E-state index in [0.717, 1.165) is 43.2 Å². The van der Waals surface area contributed by atoms with Crippen molar-refractivity contribution in [1.82, 2.24) is 19.4 Å². The molecule has 1 fully saturated rings. The first kappa shape index (κ1) is 56.4. The highest BCUT2D eigenvalue weighted by molar-refractivity contribution is 7.90. The van der Waals surface area contributed by atoms with E-state index in [1.165, 1.54) is 36.6 Å². The minimum absolute atomic E-state index is 0.00107. The van der Waals surface area contributed by atoms with Gasteiger partial charge in [-0.25, -0.2) is 13.2 Å². The second kappa shape index (κ2) is 25.0. The number of Topliss-reactive ketones (excluding diaryl/α,β-unsaturated/α-hetero) is 2. The molecule has 0 spiro atoms. The quantitative estimate of drug-likeness (QED) is 0.0413. The number of hydrogen-bond donors (Lipinski definition) is 2. The summed E-state index contributed by atoms with van der Waals surface area (Å²) in [6.45, 7) is 10.3. The van der Waals surface area contributed by atoms with Crippen LogP contribution in [-0.2, 0) is 50.5 Å². The lowest BCUT2D eigenvalue weighted by Crippen LogP contribution is -2.56. The highest BCUT2D eigenvalue weighted by Gasteiger charge is 2.44. The number of benzene rings is 4. The molecule has 6 aromatic rings. The smallest absolute Gasteiger partial charge is 0.328 e. The molecule has 0 saturated carbocycles. The van der Waals surface area contributed by atoms with Crippen molar-refractivity contribution in [3.63, 3.8) is 0 Å². The van der Waals surface area contributed by atoms with Crippen LogP contribution in [0.5, 0.6) is 17.2 Å². The van der Waals surface area contributed by atoms with Crippen molar-refractivity contribution in [2.75, 3.05) is 13.2 Å². The molecule has 75 heavy (non-hydrogen) atoms. The SMILES string of the molecule is CCCOc1cccc(Oc2cc3c(cc2CS(=O)(=O)c2cccc(C(=O)CCCCCCCCC(=O)N[C@H](C(=O)N4C[C@H](O)C[C@H]4C(=O)CCc4ccc(-c5sccc5C)cc4)C(C)(C)C)c2)n(C)c(=O)n3C)c1. The van der Waals surface area contributed by atoms with E-state index in [1.54, 1.807) is 67.9 Å². The lowest BCUT2D eigenvalue weighted by Gasteiger charge is -2.35. The summed E-state index contributed by atoms with van der Waals surface area (Å²) in [4.78, 5) is 70.0. The van der Waals surface area contributed by atoms with E-state index in [0.29, 0.717) is 59.5 Å². The number of amides is 2. The number of likely N-dealkylation sites (tertiary alicyclic amines) is 1. The molecule has 14 nitrogen and oxygen atoms in total. The number of carbonyl (C=O) groups is 4. The first-order valence-electron chi connectivity index (χ1n) is 26.1. The topological polar surface area (TPSA) is 183 Å². The van der Waals surface area contributed by atoms with Crippen molar-refractivity contribution in [3.8, 4) is 27.7 Å². The van der Waals surface area contributed by atoms with Crippen LogP contribution in [0.3, 0.4) is 0 Å². The molecule has 3 atom stereocenters. The lowest BCUT2D eigenvalue weighted by atomic mass is 9.85. The van der Waals surface area contributed by atoms with Crippen molar-refractivity contribution in [3.05, 3.63) is 129 Å². The Morgan fingerprint density at radius 3 is 2.17 bits per heavy atom. The third kappa shape index (κ3) is 14.3. The number of ether oxygens (including phenoxy) is 2. The van der Waals surface area contributed by atoms with Crippen molar-refractivity contribution in [1.29, 1.82) is 0 Å². The van der Waals surface area contributed by atoms with Gasteiger partial charge in [0.15, 0.2) is 21.4 Å². The molecule has 1 aliphatic heterocycles. The van der Waals surface area contributed by atoms with Gasteiger partial charge >= 0.3 is 5.69 Å². The maximum absolute atomic E-state index is 14.1. The van der Waals surface area contributed by atoms with Crippen LogP contribution in [0.2, 0.25) is 0 Å². The number of aliphatic hydroxyl groups excluding tert-OH is 1. The maximum Gasteiger partial charge on any atom is 0.328 e. The van der Waals surface area contributed by atoms with Crippen molar-refractivity contribution in [2.45, 2.75) is 141 Å². The number of nitrogens with one attached hydrogen (secondary N) is 1. The van der Waals surface area contributed by atoms with E-state index < -0.39 is 39.2 Å². The number of aryl methyl sites for hydroxylation is 4. The summed E-state index contributed by atoms with van der Waals surface area (Å²) in [5.41, 5.74) is 4.24. The summed E-state index contributed by atoms with van der Waals surface area (Å²) in [5, 5.41) is 15.7. The number of aliphatic hydroxyl groups is 1. The second-order valence-electron chi connectivity index (χ2n) is 21.0. The Kier molecular flexibility index (Phi) is 18.8. The van der Waals surface area contributed by atoms with Gasteiger partial charge in [-0.1, -0.05) is 95.8 Å². The monoisotopic (exact) mass is 1060 g/mol. The predicted molar refractivity (Wildman–Crippen MR) is 294 cm³/mol. The zero-order valence-electron chi connectivity index (χ0n) is 44.4. The van der Waals surface area contributed by atoms with Gasteiger partial charge in [-0.05, 0) is 96.5 Å². The molecule has 0 bridgehead atoms. The van der Waals surface area contributed by atoms with Gasteiger partial charge in [0.1, 0.15) is 23.3 Å². The Morgan fingerprint density at radius 2 is 1.49 bits per heavy atom. The van der Waals surface area contributed by atoms with Crippen LogP contribution >= 0.6 is 11.3 Å². The average molecular weight is 1060 g/mol. The number of ketones is 2. The Bertz CT molecular complexity index is 3170. The Labute approximate surface area is 445 Å². The number of hydrogen-bond acceptors (Lipinski definition) is 11. The number of imidazole rings is 1. The van der Waals surface area contributed by atoms with Crippen LogP contribution < -0.4 is 20.5 Å². The third-order valence-electron chi connectivity index (χ3n) is 14.0. The number of fused-ring (bicyclic) bond motifs is 1. The van der Waals surface area contributed by atoms with Crippen molar-refractivity contribution in [2.24, 2.45) is 19.5 Å². The molecule has 16 heteroatoms. The Balaban J connectivity index is 0.860. The highest BCUT2D eigenvalue weighted by atomic mass is 32.2. The molecule has 0 aliphatic carbocycles. The molecule has 4 aromatic carbocycles. The second-order valence-corrected chi connectivity index (χ2v) is 23.9. The van der Waals surface area contributed by atoms with Gasteiger partial charge in [0.2, 0.25) is 11.8 Å². The number of rotatable bonds is 25. The minimum atomic E-state index is -4.00. The molecule has 2 amide bonds. The van der Waals surface area contributed by atoms with E-state index in [9.17, 15) is 37.5 Å². The predicted octanol–water partition coefficient (Wildman–Crippen LogP) is 10.5. The van der Waals surface area contributed by atoms with E-state index in [-0.39, 0.29) is 71.9 Å². The van der Waals surface area contributed by atoms with Crippen LogP contribution in [0, 0.1) is 12.3 Å². The van der Waals surface area contributed by atoms with Gasteiger partial charge in [-0.2, -0.15) is 0 Å². The van der Waals surface area contributed by atoms with E-state index in [2.05, 4.69) is 35.8 Å². The summed E-state index contributed by atoms with van der Waals surface area (Å²) in [6, 6.07) is 25.2. The van der Waals surface area contributed by atoms with Crippen LogP contribution in [0.1, 0.15) is 125 Å². The summed E-state index contributed by atoms with van der Waals surface area (Å²) in [6.07, 6.45) is 5.86. The molecule has 0 radical (unpaired) electrons. The summed E-state index contributed by atoms with van der Waals surface area (Å²) < 4.78 is 43.2. The molecule has 7 rings (SSSR count). The molecule has 1 aliphatic rings. The first-order valence-corrected chi connectivity index (χ1v) is 28.7. The van der Waals surface area contributed by atoms with Gasteiger partial charge in [0, 0.05) is 74.5 Å². The molecule has 400 valence electrons. The minimum Gasteiger partial charge on any atom is -0.493 e. The zero-order chi connectivity index (χ0) is 54.0. The standard InChI is InChI=1S/C59H72N4O10S2/c1-8-30-72-45-18-16-19-46(35-45)73-53-36-49-48(61(6)58(69)62(49)7)33-43(53)38-75(70,71)47-20-15-17-42(32-47)51(65)21-13-11-9-10-12-14-22-54(67)60-56(59(3,4)5)57(68)63-37-44(64)34-50(63)52(66)28-25-40-23-26-41(27-24-40)55-39(2)29-31-74-55/h15-20,23-24,26-27,29,31-33,35-36,44,50,56,64H,8-14,21-22,25,28,30,34,37-38H2,1-7H3,(H,60,67)/t44-,50+,56-/m1/s1. The summed E-state index contributed by atoms with van der Waals surface area (Å²) in [5.74, 6) is -0.00249. The lowest BCUT2D eigenvalue weighted by molar-refractivity contribution is -0.143. The van der Waals surface area contributed by atoms with E-state index in [1.807, 2.05) is 45.9 Å². The van der Waals surface area contributed by atoms with Crippen molar-refractivity contribution >= 4 is 55.6 Å². The fourth-order valence-electron chi connectivity index (χ4n) is 9.66. The van der Waals surface area contributed by atoms with Gasteiger partial charge < -0.3 is 24.8 Å². The molecule has 2 aromatic heterocycles. The molecule has 2 N–H and O–H groups in total. The van der Waals surface area contributed by atoms with Gasteiger partial charge in [-0.15, -0.1) is 11.3 Å². The van der Waals surface area contributed by atoms with Crippen LogP contribution in [0.15, 0.2) is 106 Å². The summed E-state index contributed by atoms with van der Waals surface area (Å²) >= 11 is 1.69. The number of sulfone groups is 1. The zero-order valence-corrected chi connectivity index (χ0v) is 46.0. The highest BCUT2D eigenvalue weighted by Crippen LogP contribution is 2.35. The molecular formula is C59H72N4O10S2. The summed E-state index contributed by atoms with van der Waals surface area (Å²) in [7, 11) is -0.726.